The number of aromatic amines is 2. The molecule has 2 heterocycles. The fraction of sp³-hybridized carbons (Fsp3) is 0.0500. The number of sulfonamides is 1. The lowest BCUT2D eigenvalue weighted by atomic mass is 10.2. The van der Waals surface area contributed by atoms with E-state index >= 15 is 0 Å². The van der Waals surface area contributed by atoms with Crippen LogP contribution in [0, 0.1) is 5.82 Å². The molecule has 4 rings (SSSR count). The molecule has 0 spiro atoms. The molecule has 2 aromatic carbocycles. The van der Waals surface area contributed by atoms with Crippen LogP contribution in [0.2, 0.25) is 0 Å². The van der Waals surface area contributed by atoms with Gasteiger partial charge in [0, 0.05) is 24.9 Å². The lowest BCUT2D eigenvalue weighted by molar-refractivity contribution is 0.457. The average Bonchev–Trinajstić information content (AvgIpc) is 2.73. The van der Waals surface area contributed by atoms with E-state index in [-0.39, 0.29) is 34.0 Å². The minimum absolute atomic E-state index is 0.0444. The second-order valence-electron chi connectivity index (χ2n) is 6.50. The number of rotatable bonds is 6. The maximum Gasteiger partial charge on any atom is 0.326 e. The van der Waals surface area contributed by atoms with Crippen LogP contribution in [0.1, 0.15) is 5.56 Å². The first-order valence-electron chi connectivity index (χ1n) is 8.94. The number of nitrogens with one attached hydrogen (secondary N) is 3. The second kappa shape index (κ2) is 8.13. The normalized spacial score (nSPS) is 11.5. The molecule has 0 aliphatic rings. The first-order valence-corrected chi connectivity index (χ1v) is 10.4. The molecule has 0 aliphatic carbocycles. The first-order chi connectivity index (χ1) is 14.8. The Labute approximate surface area is 174 Å². The molecule has 0 fully saturated rings. The van der Waals surface area contributed by atoms with Crippen LogP contribution in [0.3, 0.4) is 0 Å². The zero-order chi connectivity index (χ0) is 22.0. The number of benzene rings is 2. The quantitative estimate of drug-likeness (QED) is 0.418. The molecule has 0 radical (unpaired) electrons. The van der Waals surface area contributed by atoms with Crippen LogP contribution in [0.15, 0.2) is 75.3 Å². The highest BCUT2D eigenvalue weighted by Gasteiger charge is 2.15. The van der Waals surface area contributed by atoms with E-state index in [0.29, 0.717) is 5.56 Å². The summed E-state index contributed by atoms with van der Waals surface area (Å²) in [6.07, 6.45) is 1.42. The smallest absolute Gasteiger partial charge is 0.326 e. The van der Waals surface area contributed by atoms with Crippen LogP contribution in [0.25, 0.3) is 10.9 Å². The van der Waals surface area contributed by atoms with Crippen molar-refractivity contribution >= 4 is 20.9 Å². The molecular weight excluding hydrogens is 427 g/mol. The Hall–Kier alpha value is -3.83. The largest absolute Gasteiger partial charge is 0.439 e. The van der Waals surface area contributed by atoms with E-state index < -0.39 is 27.1 Å². The number of H-pyrrole nitrogens is 2. The number of fused-ring (bicyclic) bond motifs is 1. The monoisotopic (exact) mass is 442 g/mol. The van der Waals surface area contributed by atoms with Gasteiger partial charge in [0.2, 0.25) is 15.9 Å². The van der Waals surface area contributed by atoms with Gasteiger partial charge in [0.15, 0.2) is 0 Å². The number of ether oxygens (including phenoxy) is 1. The van der Waals surface area contributed by atoms with Crippen molar-refractivity contribution in [3.63, 3.8) is 0 Å². The zero-order valence-electron chi connectivity index (χ0n) is 15.8. The predicted octanol–water partition coefficient (Wildman–Crippen LogP) is 2.02. The lowest BCUT2D eigenvalue weighted by Crippen LogP contribution is -2.25. The van der Waals surface area contributed by atoms with E-state index in [0.717, 1.165) is 0 Å². The number of halogens is 1. The Morgan fingerprint density at radius 2 is 1.87 bits per heavy atom. The Morgan fingerprint density at radius 1 is 1.03 bits per heavy atom. The summed E-state index contributed by atoms with van der Waals surface area (Å²) < 4.78 is 46.3. The maximum atomic E-state index is 13.2. The van der Waals surface area contributed by atoms with Crippen molar-refractivity contribution in [1.82, 2.24) is 19.7 Å². The van der Waals surface area contributed by atoms with Gasteiger partial charge in [-0.05, 0) is 35.9 Å². The summed E-state index contributed by atoms with van der Waals surface area (Å²) in [6.45, 7) is -0.0599. The molecule has 2 aromatic heterocycles. The molecule has 9 nitrogen and oxygen atoms in total. The van der Waals surface area contributed by atoms with Crippen molar-refractivity contribution in [3.05, 3.63) is 93.0 Å². The van der Waals surface area contributed by atoms with Gasteiger partial charge in [0.1, 0.15) is 11.6 Å². The van der Waals surface area contributed by atoms with Crippen LogP contribution in [0.4, 0.5) is 4.39 Å². The van der Waals surface area contributed by atoms with E-state index in [2.05, 4.69) is 19.7 Å². The Balaban J connectivity index is 1.47. The minimum atomic E-state index is -3.94. The molecule has 0 aliphatic heterocycles. The van der Waals surface area contributed by atoms with Crippen molar-refractivity contribution in [2.45, 2.75) is 11.4 Å². The summed E-state index contributed by atoms with van der Waals surface area (Å²) in [4.78, 5) is 31.7. The van der Waals surface area contributed by atoms with Gasteiger partial charge in [-0.1, -0.05) is 12.1 Å². The molecular formula is C20H15FN4O5S. The Bertz CT molecular complexity index is 1480. The Kier molecular flexibility index (Phi) is 5.36. The maximum absolute atomic E-state index is 13.2. The van der Waals surface area contributed by atoms with Crippen molar-refractivity contribution in [2.24, 2.45) is 0 Å². The van der Waals surface area contributed by atoms with E-state index in [1.54, 1.807) is 12.1 Å². The van der Waals surface area contributed by atoms with E-state index in [9.17, 15) is 22.4 Å². The number of aromatic nitrogens is 3. The van der Waals surface area contributed by atoms with Crippen molar-refractivity contribution in [3.8, 4) is 11.6 Å². The predicted molar refractivity (Wildman–Crippen MR) is 110 cm³/mol. The molecule has 158 valence electrons. The molecule has 4 aromatic rings. The SMILES string of the molecule is O=c1[nH]c(=O)c2cc(S(=O)(=O)NCc3ccc(Oc4cccc(F)c4)nc3)ccc2[nH]1. The van der Waals surface area contributed by atoms with Crippen molar-refractivity contribution < 1.29 is 17.5 Å². The van der Waals surface area contributed by atoms with Gasteiger partial charge in [0.05, 0.1) is 15.8 Å². The van der Waals surface area contributed by atoms with Gasteiger partial charge < -0.3 is 9.72 Å². The zero-order valence-corrected chi connectivity index (χ0v) is 16.6. The van der Waals surface area contributed by atoms with Crippen LogP contribution in [0.5, 0.6) is 11.6 Å². The summed E-state index contributed by atoms with van der Waals surface area (Å²) in [5.74, 6) is 0.0686. The summed E-state index contributed by atoms with van der Waals surface area (Å²) in [6, 6.07) is 12.5. The first kappa shape index (κ1) is 20.4. The van der Waals surface area contributed by atoms with E-state index in [1.807, 2.05) is 0 Å². The van der Waals surface area contributed by atoms with Gasteiger partial charge in [0.25, 0.3) is 5.56 Å². The van der Waals surface area contributed by atoms with E-state index in [1.165, 1.54) is 48.7 Å². The molecule has 31 heavy (non-hydrogen) atoms. The number of nitrogens with zero attached hydrogens (tertiary/aromatic N) is 1. The number of hydrogen-bond donors (Lipinski definition) is 3. The molecule has 11 heteroatoms. The second-order valence-corrected chi connectivity index (χ2v) is 8.27. The van der Waals surface area contributed by atoms with Gasteiger partial charge in [-0.2, -0.15) is 0 Å². The summed E-state index contributed by atoms with van der Waals surface area (Å²) in [7, 11) is -3.94. The summed E-state index contributed by atoms with van der Waals surface area (Å²) in [5, 5.41) is 0.0444. The van der Waals surface area contributed by atoms with Gasteiger partial charge in [-0.3, -0.25) is 9.78 Å². The lowest BCUT2D eigenvalue weighted by Gasteiger charge is -2.09. The number of pyridine rings is 1. The highest BCUT2D eigenvalue weighted by Crippen LogP contribution is 2.20. The molecule has 0 atom stereocenters. The highest BCUT2D eigenvalue weighted by molar-refractivity contribution is 7.89. The fourth-order valence-electron chi connectivity index (χ4n) is 2.80. The van der Waals surface area contributed by atoms with Crippen molar-refractivity contribution in [1.29, 1.82) is 0 Å². The standard InChI is InChI=1S/C20H15FN4O5S/c21-13-2-1-3-14(8-13)30-18-7-4-12(10-22-18)11-23-31(28,29)15-5-6-17-16(9-15)19(26)25-20(27)24-17/h1-10,23H,11H2,(H2,24,25,26,27). The molecule has 3 N–H and O–H groups in total. The highest BCUT2D eigenvalue weighted by atomic mass is 32.2. The topological polar surface area (TPSA) is 134 Å². The minimum Gasteiger partial charge on any atom is -0.439 e. The Morgan fingerprint density at radius 3 is 2.61 bits per heavy atom. The fourth-order valence-corrected chi connectivity index (χ4v) is 3.84. The third-order valence-electron chi connectivity index (χ3n) is 4.30. The van der Waals surface area contributed by atoms with Gasteiger partial charge >= 0.3 is 5.69 Å². The number of hydrogen-bond acceptors (Lipinski definition) is 6. The summed E-state index contributed by atoms with van der Waals surface area (Å²) in [5.41, 5.74) is -0.582. The van der Waals surface area contributed by atoms with Crippen molar-refractivity contribution in [2.75, 3.05) is 0 Å². The van der Waals surface area contributed by atoms with Gasteiger partial charge in [-0.15, -0.1) is 0 Å². The molecule has 0 unspecified atom stereocenters. The molecule has 0 amide bonds. The average molecular weight is 442 g/mol. The van der Waals surface area contributed by atoms with Crippen LogP contribution >= 0.6 is 0 Å². The van der Waals surface area contributed by atoms with Crippen LogP contribution < -0.4 is 20.7 Å². The van der Waals surface area contributed by atoms with Crippen LogP contribution in [-0.2, 0) is 16.6 Å². The molecule has 0 saturated carbocycles. The third kappa shape index (κ3) is 4.68. The molecule has 0 bridgehead atoms. The molecule has 0 saturated heterocycles. The van der Waals surface area contributed by atoms with Crippen LogP contribution in [-0.4, -0.2) is 23.4 Å². The third-order valence-corrected chi connectivity index (χ3v) is 5.70. The van der Waals surface area contributed by atoms with E-state index in [4.69, 9.17) is 4.74 Å². The summed E-state index contributed by atoms with van der Waals surface area (Å²) >= 11 is 0. The van der Waals surface area contributed by atoms with Gasteiger partial charge in [-0.25, -0.2) is 27.3 Å².